The van der Waals surface area contributed by atoms with Gasteiger partial charge in [-0.05, 0) is 23.8 Å². The zero-order valence-electron chi connectivity index (χ0n) is 6.64. The van der Waals surface area contributed by atoms with Crippen molar-refractivity contribution in [1.29, 1.82) is 0 Å². The molecular formula is C9H10CaO4. The Kier molecular flexibility index (Phi) is 5.60. The maximum absolute atomic E-state index is 10.1. The molecule has 0 bridgehead atoms. The molecule has 0 aromatic heterocycles. The molecule has 1 aromatic carbocycles. The maximum atomic E-state index is 10.1. The fourth-order valence-electron chi connectivity index (χ4n) is 0.812. The number of aromatic hydroxyl groups is 2. The summed E-state index contributed by atoms with van der Waals surface area (Å²) in [6.07, 6.45) is 2.27. The summed E-state index contributed by atoms with van der Waals surface area (Å²) in [5, 5.41) is 26.3. The zero-order chi connectivity index (χ0) is 9.84. The van der Waals surface area contributed by atoms with Crippen LogP contribution in [0, 0.1) is 0 Å². The molecule has 72 valence electrons. The molecule has 0 radical (unpaired) electrons. The van der Waals surface area contributed by atoms with Crippen molar-refractivity contribution in [3.05, 3.63) is 29.8 Å². The molecule has 14 heavy (non-hydrogen) atoms. The van der Waals surface area contributed by atoms with E-state index in [1.165, 1.54) is 24.3 Å². The van der Waals surface area contributed by atoms with E-state index in [2.05, 4.69) is 0 Å². The number of hydrogen-bond donors (Lipinski definition) is 3. The van der Waals surface area contributed by atoms with Crippen molar-refractivity contribution < 1.29 is 20.1 Å². The van der Waals surface area contributed by atoms with Crippen LogP contribution in [0.4, 0.5) is 0 Å². The molecule has 0 heterocycles. The quantitative estimate of drug-likeness (QED) is 0.381. The van der Waals surface area contributed by atoms with Crippen molar-refractivity contribution in [1.82, 2.24) is 0 Å². The second kappa shape index (κ2) is 5.90. The molecule has 1 aromatic rings. The van der Waals surface area contributed by atoms with Crippen LogP contribution >= 0.6 is 0 Å². The van der Waals surface area contributed by atoms with E-state index in [9.17, 15) is 4.79 Å². The molecule has 0 unspecified atom stereocenters. The number of phenols is 2. The van der Waals surface area contributed by atoms with Gasteiger partial charge in [0.1, 0.15) is 0 Å². The van der Waals surface area contributed by atoms with Crippen molar-refractivity contribution >= 4 is 49.8 Å². The first-order chi connectivity index (χ1) is 6.09. The van der Waals surface area contributed by atoms with Crippen molar-refractivity contribution in [3.63, 3.8) is 0 Å². The molecule has 0 saturated carbocycles. The summed E-state index contributed by atoms with van der Waals surface area (Å²) in [6.45, 7) is 0. The molecule has 0 aliphatic carbocycles. The summed E-state index contributed by atoms with van der Waals surface area (Å²) in [7, 11) is 0. The zero-order valence-corrected chi connectivity index (χ0v) is 6.64. The Hall–Kier alpha value is -0.710. The number of aliphatic carboxylic acids is 1. The minimum atomic E-state index is -1.06. The van der Waals surface area contributed by atoms with Crippen LogP contribution in [0.5, 0.6) is 11.5 Å². The first kappa shape index (κ1) is 13.3. The van der Waals surface area contributed by atoms with E-state index in [0.29, 0.717) is 5.56 Å². The van der Waals surface area contributed by atoms with Crippen molar-refractivity contribution in [2.75, 3.05) is 0 Å². The van der Waals surface area contributed by atoms with Gasteiger partial charge in [-0.15, -0.1) is 0 Å². The van der Waals surface area contributed by atoms with Crippen LogP contribution < -0.4 is 0 Å². The van der Waals surface area contributed by atoms with Gasteiger partial charge in [0, 0.05) is 6.08 Å². The number of phenolic OH excluding ortho intramolecular Hbond substituents is 2. The SMILES string of the molecule is O=C(O)/C=C/c1ccc(O)c(O)c1.[CaH2]. The first-order valence-corrected chi connectivity index (χ1v) is 3.52. The van der Waals surface area contributed by atoms with Gasteiger partial charge in [0.05, 0.1) is 0 Å². The van der Waals surface area contributed by atoms with E-state index in [-0.39, 0.29) is 49.2 Å². The van der Waals surface area contributed by atoms with Crippen molar-refractivity contribution in [2.24, 2.45) is 0 Å². The number of carbonyl (C=O) groups is 1. The van der Waals surface area contributed by atoms with Crippen LogP contribution in [0.3, 0.4) is 0 Å². The average Bonchev–Trinajstić information content (AvgIpc) is 2.07. The minimum absolute atomic E-state index is 0. The van der Waals surface area contributed by atoms with Gasteiger partial charge in [-0.2, -0.15) is 0 Å². The van der Waals surface area contributed by atoms with Gasteiger partial charge in [-0.3, -0.25) is 0 Å². The van der Waals surface area contributed by atoms with E-state index < -0.39 is 5.97 Å². The Labute approximate surface area is 110 Å². The average molecular weight is 222 g/mol. The molecule has 0 atom stereocenters. The van der Waals surface area contributed by atoms with Crippen LogP contribution in [-0.4, -0.2) is 59.0 Å². The molecule has 0 amide bonds. The molecule has 0 aliphatic rings. The van der Waals surface area contributed by atoms with E-state index in [1.54, 1.807) is 0 Å². The van der Waals surface area contributed by atoms with Crippen LogP contribution in [0.25, 0.3) is 6.08 Å². The normalized spacial score (nSPS) is 9.71. The topological polar surface area (TPSA) is 77.8 Å². The van der Waals surface area contributed by atoms with Crippen molar-refractivity contribution in [2.45, 2.75) is 0 Å². The molecule has 0 aliphatic heterocycles. The van der Waals surface area contributed by atoms with Crippen LogP contribution in [0.2, 0.25) is 0 Å². The van der Waals surface area contributed by atoms with E-state index in [4.69, 9.17) is 15.3 Å². The third-order valence-electron chi connectivity index (χ3n) is 1.42. The second-order valence-corrected chi connectivity index (χ2v) is 2.42. The van der Waals surface area contributed by atoms with E-state index >= 15 is 0 Å². The number of benzene rings is 1. The Morgan fingerprint density at radius 1 is 1.21 bits per heavy atom. The molecule has 5 heteroatoms. The summed E-state index contributed by atoms with van der Waals surface area (Å²) < 4.78 is 0. The van der Waals surface area contributed by atoms with Gasteiger partial charge in [0.25, 0.3) is 0 Å². The molecule has 0 fully saturated rings. The van der Waals surface area contributed by atoms with E-state index in [1.807, 2.05) is 0 Å². The Morgan fingerprint density at radius 2 is 1.86 bits per heavy atom. The summed E-state index contributed by atoms with van der Waals surface area (Å²) in [6, 6.07) is 4.06. The molecular weight excluding hydrogens is 212 g/mol. The van der Waals surface area contributed by atoms with Crippen LogP contribution in [-0.2, 0) is 4.79 Å². The molecule has 0 spiro atoms. The summed E-state index contributed by atoms with van der Waals surface area (Å²) >= 11 is 0. The fourth-order valence-corrected chi connectivity index (χ4v) is 0.812. The summed E-state index contributed by atoms with van der Waals surface area (Å²) in [5.41, 5.74) is 0.512. The Bertz CT molecular complexity index is 360. The summed E-state index contributed by atoms with van der Waals surface area (Å²) in [4.78, 5) is 10.1. The predicted octanol–water partition coefficient (Wildman–Crippen LogP) is 0.279. The van der Waals surface area contributed by atoms with Gasteiger partial charge >= 0.3 is 43.7 Å². The molecule has 1 rings (SSSR count). The van der Waals surface area contributed by atoms with Crippen LogP contribution in [0.1, 0.15) is 5.56 Å². The van der Waals surface area contributed by atoms with Gasteiger partial charge in [0.15, 0.2) is 11.5 Å². The van der Waals surface area contributed by atoms with Gasteiger partial charge < -0.3 is 15.3 Å². The van der Waals surface area contributed by atoms with Gasteiger partial charge in [-0.25, -0.2) is 4.79 Å². The number of carboxylic acid groups (broad SMARTS) is 1. The first-order valence-electron chi connectivity index (χ1n) is 3.52. The fraction of sp³-hybridized carbons (Fsp3) is 0. The van der Waals surface area contributed by atoms with Crippen molar-refractivity contribution in [3.8, 4) is 11.5 Å². The third kappa shape index (κ3) is 4.00. The van der Waals surface area contributed by atoms with E-state index in [0.717, 1.165) is 6.08 Å². The number of carboxylic acids is 1. The summed E-state index contributed by atoms with van der Waals surface area (Å²) in [5.74, 6) is -1.56. The van der Waals surface area contributed by atoms with Crippen LogP contribution in [0.15, 0.2) is 24.3 Å². The number of hydrogen-bond acceptors (Lipinski definition) is 3. The Balaban J connectivity index is 0.00000169. The molecule has 0 saturated heterocycles. The van der Waals surface area contributed by atoms with Gasteiger partial charge in [-0.1, -0.05) is 6.07 Å². The molecule has 4 nitrogen and oxygen atoms in total. The Morgan fingerprint density at radius 3 is 2.36 bits per heavy atom. The number of rotatable bonds is 2. The third-order valence-corrected chi connectivity index (χ3v) is 1.42. The standard InChI is InChI=1S/C9H8O4.Ca.2H/c10-7-3-1-6(5-8(7)11)2-4-9(12)13;;;/h1-5,10-11H,(H,12,13);;;/b4-2+;;;. The monoisotopic (exact) mass is 222 g/mol. The molecule has 3 N–H and O–H groups in total. The second-order valence-electron chi connectivity index (χ2n) is 2.42. The predicted molar refractivity (Wildman–Crippen MR) is 55.0 cm³/mol. The van der Waals surface area contributed by atoms with Gasteiger partial charge in [0.2, 0.25) is 0 Å².